The van der Waals surface area contributed by atoms with E-state index in [1.165, 1.54) is 35.4 Å². The van der Waals surface area contributed by atoms with Crippen LogP contribution < -0.4 is 5.32 Å². The van der Waals surface area contributed by atoms with Crippen molar-refractivity contribution in [3.63, 3.8) is 0 Å². The summed E-state index contributed by atoms with van der Waals surface area (Å²) in [5.74, 6) is -1.11. The molecule has 1 aliphatic heterocycles. The number of piperazine rings is 1. The summed E-state index contributed by atoms with van der Waals surface area (Å²) in [7, 11) is 0. The van der Waals surface area contributed by atoms with Crippen molar-refractivity contribution in [2.75, 3.05) is 13.1 Å². The van der Waals surface area contributed by atoms with Gasteiger partial charge in [0, 0.05) is 36.8 Å². The fraction of sp³-hybridized carbons (Fsp3) is 0.375. The minimum atomic E-state index is -4.51. The van der Waals surface area contributed by atoms with Gasteiger partial charge in [-0.3, -0.25) is 9.59 Å². The molecule has 0 bridgehead atoms. The van der Waals surface area contributed by atoms with Crippen molar-refractivity contribution in [3.05, 3.63) is 47.4 Å². The van der Waals surface area contributed by atoms with Crippen molar-refractivity contribution >= 4 is 30.4 Å². The molecule has 2 aromatic rings. The number of carbonyl (C=O) groups excluding carboxylic acids is 2. The Hall–Kier alpha value is -3.43. The van der Waals surface area contributed by atoms with Gasteiger partial charge in [0.25, 0.3) is 0 Å². The van der Waals surface area contributed by atoms with Gasteiger partial charge >= 0.3 is 6.18 Å². The van der Waals surface area contributed by atoms with Gasteiger partial charge in [0.1, 0.15) is 23.7 Å². The summed E-state index contributed by atoms with van der Waals surface area (Å²) in [5.41, 5.74) is 0.362. The molecule has 0 atom stereocenters. The molecule has 10 heteroatoms. The first-order valence-corrected chi connectivity index (χ1v) is 10.6. The quantitative estimate of drug-likeness (QED) is 0.486. The highest BCUT2D eigenvalue weighted by Gasteiger charge is 2.39. The van der Waals surface area contributed by atoms with Gasteiger partial charge in [-0.1, -0.05) is 24.3 Å². The van der Waals surface area contributed by atoms with E-state index in [4.69, 9.17) is 0 Å². The first kappa shape index (κ1) is 25.2. The van der Waals surface area contributed by atoms with Gasteiger partial charge in [-0.05, 0) is 44.7 Å². The van der Waals surface area contributed by atoms with Crippen LogP contribution in [0.4, 0.5) is 23.4 Å². The maximum Gasteiger partial charge on any atom is 0.406 e. The van der Waals surface area contributed by atoms with E-state index in [9.17, 15) is 27.2 Å². The Kier molecular flexibility index (Phi) is 6.99. The fourth-order valence-corrected chi connectivity index (χ4v) is 3.93. The first-order valence-electron chi connectivity index (χ1n) is 10.6. The van der Waals surface area contributed by atoms with Crippen LogP contribution in [-0.2, 0) is 16.1 Å². The van der Waals surface area contributed by atoms with Crippen LogP contribution in [0.1, 0.15) is 31.4 Å². The lowest BCUT2D eigenvalue weighted by Gasteiger charge is -2.41. The summed E-state index contributed by atoms with van der Waals surface area (Å²) in [5, 5.41) is 2.71. The van der Waals surface area contributed by atoms with Crippen LogP contribution in [0.25, 0.3) is 17.2 Å². The highest BCUT2D eigenvalue weighted by Crippen LogP contribution is 2.37. The number of hydrogen-bond acceptors (Lipinski definition) is 3. The molecule has 1 aromatic heterocycles. The molecule has 1 aliphatic rings. The molecular weight excluding hydrogens is 452 g/mol. The van der Waals surface area contributed by atoms with Crippen LogP contribution >= 0.6 is 0 Å². The second-order valence-corrected chi connectivity index (χ2v) is 8.61. The molecule has 1 N–H and O–H groups in total. The predicted molar refractivity (Wildman–Crippen MR) is 122 cm³/mol. The van der Waals surface area contributed by atoms with Crippen LogP contribution in [0, 0.1) is 12.7 Å². The molecule has 2 heterocycles. The fourth-order valence-electron chi connectivity index (χ4n) is 3.93. The van der Waals surface area contributed by atoms with Crippen molar-refractivity contribution < 1.29 is 27.2 Å². The number of amides is 2. The van der Waals surface area contributed by atoms with E-state index >= 15 is 0 Å². The number of aliphatic imine (C=N–C) groups is 1. The minimum absolute atomic E-state index is 0.0466. The molecule has 1 fully saturated rings. The number of aryl methyl sites for hydroxylation is 1. The summed E-state index contributed by atoms with van der Waals surface area (Å²) in [4.78, 5) is 30.1. The second-order valence-electron chi connectivity index (χ2n) is 8.61. The predicted octanol–water partition coefficient (Wildman–Crippen LogP) is 4.64. The number of aromatic nitrogens is 1. The molecule has 0 saturated carbocycles. The Labute approximate surface area is 195 Å². The highest BCUT2D eigenvalue weighted by atomic mass is 19.4. The number of rotatable bonds is 6. The Morgan fingerprint density at radius 1 is 1.32 bits per heavy atom. The van der Waals surface area contributed by atoms with Gasteiger partial charge in [0.15, 0.2) is 0 Å². The average molecular weight is 478 g/mol. The molecule has 0 aliphatic carbocycles. The number of nitrogens with zero attached hydrogens (tertiary/aromatic N) is 3. The van der Waals surface area contributed by atoms with Crippen molar-refractivity contribution in [1.29, 1.82) is 0 Å². The van der Waals surface area contributed by atoms with E-state index < -0.39 is 24.1 Å². The number of alkyl halides is 3. The molecule has 2 amide bonds. The zero-order chi connectivity index (χ0) is 25.3. The topological polar surface area (TPSA) is 66.7 Å². The normalized spacial score (nSPS) is 16.1. The molecule has 0 unspecified atom stereocenters. The monoisotopic (exact) mass is 478 g/mol. The van der Waals surface area contributed by atoms with E-state index in [1.54, 1.807) is 26.8 Å². The van der Waals surface area contributed by atoms with Gasteiger partial charge < -0.3 is 14.8 Å². The standard InChI is InChI=1S/C24H26F4N4O2/c1-15-8-9-16(12-19(15)25)18-13-31(14-24(26,27)28)21(29-4)17(18)6-5-7-20(33)32-11-10-30-22(34)23(32,2)3/h5-6,8-9,12-13H,4,7,10-11,14H2,1-3H3,(H,30,34)/b6-5-. The molecule has 0 radical (unpaired) electrons. The van der Waals surface area contributed by atoms with Crippen molar-refractivity contribution in [2.45, 2.75) is 45.5 Å². The lowest BCUT2D eigenvalue weighted by atomic mass is 9.98. The summed E-state index contributed by atoms with van der Waals surface area (Å²) in [6.07, 6.45) is -0.355. The van der Waals surface area contributed by atoms with E-state index in [0.717, 1.165) is 4.57 Å². The zero-order valence-corrected chi connectivity index (χ0v) is 19.2. The summed E-state index contributed by atoms with van der Waals surface area (Å²) in [6.45, 7) is 7.66. The Bertz CT molecular complexity index is 1150. The van der Waals surface area contributed by atoms with E-state index in [1.807, 2.05) is 0 Å². The van der Waals surface area contributed by atoms with Gasteiger partial charge in [0.05, 0.1) is 0 Å². The minimum Gasteiger partial charge on any atom is -0.352 e. The van der Waals surface area contributed by atoms with Crippen LogP contribution in [0.5, 0.6) is 0 Å². The smallest absolute Gasteiger partial charge is 0.352 e. The molecule has 0 spiro atoms. The third kappa shape index (κ3) is 5.21. The van der Waals surface area contributed by atoms with Crippen LogP contribution in [-0.4, -0.2) is 52.8 Å². The summed E-state index contributed by atoms with van der Waals surface area (Å²) < 4.78 is 54.5. The lowest BCUT2D eigenvalue weighted by molar-refractivity contribution is -0.148. The molecule has 34 heavy (non-hydrogen) atoms. The largest absolute Gasteiger partial charge is 0.406 e. The summed E-state index contributed by atoms with van der Waals surface area (Å²) in [6, 6.07) is 4.38. The number of halogens is 4. The molecule has 1 saturated heterocycles. The van der Waals surface area contributed by atoms with Crippen LogP contribution in [0.3, 0.4) is 0 Å². The van der Waals surface area contributed by atoms with E-state index in [2.05, 4.69) is 17.0 Å². The average Bonchev–Trinajstić information content (AvgIpc) is 3.07. The third-order valence-corrected chi connectivity index (χ3v) is 5.80. The van der Waals surface area contributed by atoms with Gasteiger partial charge in [-0.25, -0.2) is 9.38 Å². The number of nitrogens with one attached hydrogen (secondary N) is 1. The van der Waals surface area contributed by atoms with Crippen molar-refractivity contribution in [3.8, 4) is 11.1 Å². The summed E-state index contributed by atoms with van der Waals surface area (Å²) >= 11 is 0. The molecule has 182 valence electrons. The Balaban J connectivity index is 1.97. The van der Waals surface area contributed by atoms with Gasteiger partial charge in [-0.15, -0.1) is 0 Å². The van der Waals surface area contributed by atoms with Crippen molar-refractivity contribution in [2.24, 2.45) is 4.99 Å². The van der Waals surface area contributed by atoms with Crippen LogP contribution in [0.15, 0.2) is 35.5 Å². The van der Waals surface area contributed by atoms with Crippen molar-refractivity contribution in [1.82, 2.24) is 14.8 Å². The number of hydrogen-bond donors (Lipinski definition) is 1. The molecule has 3 rings (SSSR count). The van der Waals surface area contributed by atoms with Crippen LogP contribution in [0.2, 0.25) is 0 Å². The third-order valence-electron chi connectivity index (χ3n) is 5.80. The van der Waals surface area contributed by atoms with E-state index in [0.29, 0.717) is 29.8 Å². The molecular formula is C24H26F4N4O2. The number of benzene rings is 1. The molecule has 6 nitrogen and oxygen atoms in total. The zero-order valence-electron chi connectivity index (χ0n) is 19.2. The van der Waals surface area contributed by atoms with E-state index in [-0.39, 0.29) is 29.6 Å². The highest BCUT2D eigenvalue weighted by molar-refractivity contribution is 5.92. The maximum absolute atomic E-state index is 14.2. The molecule has 1 aromatic carbocycles. The lowest BCUT2D eigenvalue weighted by Crippen LogP contribution is -2.63. The van der Waals surface area contributed by atoms with Gasteiger partial charge in [0.2, 0.25) is 11.8 Å². The SMILES string of the molecule is C=Nc1c(/C=C\CC(=O)N2CCNC(=O)C2(C)C)c(-c2ccc(C)c(F)c2)cn1CC(F)(F)F. The van der Waals surface area contributed by atoms with Gasteiger partial charge in [-0.2, -0.15) is 13.2 Å². The Morgan fingerprint density at radius 3 is 2.65 bits per heavy atom. The number of carbonyl (C=O) groups is 2. The second kappa shape index (κ2) is 9.44. The maximum atomic E-state index is 14.2. The Morgan fingerprint density at radius 2 is 2.03 bits per heavy atom. The first-order chi connectivity index (χ1) is 15.8.